The van der Waals surface area contributed by atoms with E-state index in [0.717, 1.165) is 16.5 Å². The van der Waals surface area contributed by atoms with Crippen LogP contribution in [0.4, 0.5) is 4.79 Å². The maximum Gasteiger partial charge on any atom is 0.415 e. The van der Waals surface area contributed by atoms with Crippen molar-refractivity contribution in [3.8, 4) is 17.1 Å². The van der Waals surface area contributed by atoms with Crippen molar-refractivity contribution in [2.75, 3.05) is 45.8 Å². The van der Waals surface area contributed by atoms with E-state index >= 15 is 0 Å². The van der Waals surface area contributed by atoms with E-state index in [1.807, 2.05) is 11.8 Å². The number of fused-ring (bicyclic) bond motifs is 5. The van der Waals surface area contributed by atoms with E-state index in [4.69, 9.17) is 14.5 Å². The van der Waals surface area contributed by atoms with E-state index in [0.29, 0.717) is 81.2 Å². The minimum Gasteiger partial charge on any atom is -0.481 e. The number of aliphatic hydroxyl groups excluding tert-OH is 1. The second kappa shape index (κ2) is 12.0. The third-order valence-corrected chi connectivity index (χ3v) is 10.3. The molecule has 0 saturated carbocycles. The summed E-state index contributed by atoms with van der Waals surface area (Å²) >= 11 is 0. The molecule has 4 aliphatic rings. The Morgan fingerprint density at radius 3 is 2.44 bits per heavy atom. The lowest BCUT2D eigenvalue weighted by atomic mass is 9.80. The maximum atomic E-state index is 13.4. The van der Waals surface area contributed by atoms with Gasteiger partial charge in [-0.25, -0.2) is 14.6 Å². The van der Waals surface area contributed by atoms with Gasteiger partial charge in [-0.15, -0.1) is 0 Å². The van der Waals surface area contributed by atoms with E-state index in [1.165, 1.54) is 0 Å². The van der Waals surface area contributed by atoms with Crippen LogP contribution in [-0.4, -0.2) is 104 Å². The molecule has 0 spiro atoms. The molecule has 2 fully saturated rings. The molecule has 4 aliphatic heterocycles. The molecular formula is C34H37N5O9. The SMILES string of the molecule is CCc1c2c(nc3ccc(OC(=O)N4CCN(CC(=O)N5CCC(C)(C(=O)O)CC5)CC4)cc13)-c1cc3c(c(=O)n1C2)COC(=O)C3O. The molecule has 2 saturated heterocycles. The molecule has 2 amide bonds. The molecule has 1 unspecified atom stereocenters. The number of cyclic esters (lactones) is 1. The number of aromatic nitrogens is 2. The van der Waals surface area contributed by atoms with Crippen LogP contribution in [0.5, 0.6) is 5.75 Å². The summed E-state index contributed by atoms with van der Waals surface area (Å²) in [6.07, 6.45) is -0.525. The van der Waals surface area contributed by atoms with Crippen LogP contribution in [0.15, 0.2) is 29.1 Å². The monoisotopic (exact) mass is 659 g/mol. The van der Waals surface area contributed by atoms with E-state index in [9.17, 15) is 34.2 Å². The number of esters is 1. The Kier molecular flexibility index (Phi) is 7.95. The van der Waals surface area contributed by atoms with Gasteiger partial charge in [0.15, 0.2) is 6.10 Å². The Bertz CT molecular complexity index is 1920. The number of hydrogen-bond donors (Lipinski definition) is 2. The minimum absolute atomic E-state index is 0.0317. The van der Waals surface area contributed by atoms with Gasteiger partial charge in [0.1, 0.15) is 12.4 Å². The number of aryl methyl sites for hydroxylation is 1. The van der Waals surface area contributed by atoms with Crippen molar-refractivity contribution in [3.63, 3.8) is 0 Å². The molecule has 2 N–H and O–H groups in total. The van der Waals surface area contributed by atoms with Crippen molar-refractivity contribution in [2.45, 2.75) is 52.4 Å². The van der Waals surface area contributed by atoms with Gasteiger partial charge in [-0.05, 0) is 56.0 Å². The van der Waals surface area contributed by atoms with Crippen LogP contribution < -0.4 is 10.3 Å². The predicted molar refractivity (Wildman–Crippen MR) is 170 cm³/mol. The highest BCUT2D eigenvalue weighted by atomic mass is 16.6. The summed E-state index contributed by atoms with van der Waals surface area (Å²) in [7, 11) is 0. The average Bonchev–Trinajstić information content (AvgIpc) is 3.44. The van der Waals surface area contributed by atoms with Crippen LogP contribution in [0.1, 0.15) is 55.0 Å². The number of pyridine rings is 2. The first-order chi connectivity index (χ1) is 23.0. The maximum absolute atomic E-state index is 13.4. The molecule has 48 heavy (non-hydrogen) atoms. The highest BCUT2D eigenvalue weighted by molar-refractivity contribution is 5.90. The Balaban J connectivity index is 1.02. The Morgan fingerprint density at radius 1 is 1.02 bits per heavy atom. The van der Waals surface area contributed by atoms with E-state index in [1.54, 1.807) is 45.6 Å². The summed E-state index contributed by atoms with van der Waals surface area (Å²) in [6, 6.07) is 6.89. The number of aliphatic hydroxyl groups is 1. The van der Waals surface area contributed by atoms with Crippen molar-refractivity contribution in [2.24, 2.45) is 5.41 Å². The number of nitrogens with zero attached hydrogens (tertiary/aromatic N) is 5. The Hall–Kier alpha value is -4.82. The molecule has 1 aromatic carbocycles. The van der Waals surface area contributed by atoms with Crippen molar-refractivity contribution in [1.82, 2.24) is 24.3 Å². The number of carboxylic acid groups (broad SMARTS) is 1. The van der Waals surface area contributed by atoms with Crippen LogP contribution in [0, 0.1) is 5.41 Å². The zero-order valence-corrected chi connectivity index (χ0v) is 26.9. The average molecular weight is 660 g/mol. The second-order valence-electron chi connectivity index (χ2n) is 13.2. The number of carbonyl (C=O) groups is 4. The highest BCUT2D eigenvalue weighted by Crippen LogP contribution is 2.39. The van der Waals surface area contributed by atoms with Gasteiger partial charge >= 0.3 is 18.0 Å². The van der Waals surface area contributed by atoms with Gasteiger partial charge in [-0.3, -0.25) is 19.3 Å². The molecule has 14 nitrogen and oxygen atoms in total. The number of carboxylic acids is 1. The lowest BCUT2D eigenvalue weighted by Gasteiger charge is -2.38. The summed E-state index contributed by atoms with van der Waals surface area (Å²) in [5.74, 6) is -1.28. The fourth-order valence-corrected chi connectivity index (χ4v) is 7.16. The molecular weight excluding hydrogens is 622 g/mol. The van der Waals surface area contributed by atoms with Crippen molar-refractivity contribution < 1.29 is 38.9 Å². The number of rotatable bonds is 5. The van der Waals surface area contributed by atoms with Gasteiger partial charge in [0.05, 0.1) is 41.0 Å². The molecule has 0 bridgehead atoms. The largest absolute Gasteiger partial charge is 0.481 e. The topological polar surface area (TPSA) is 172 Å². The Morgan fingerprint density at radius 2 is 1.75 bits per heavy atom. The number of aliphatic carboxylic acids is 1. The number of piperazine rings is 1. The molecule has 3 aromatic rings. The number of piperidine rings is 1. The van der Waals surface area contributed by atoms with Gasteiger partial charge in [0.2, 0.25) is 5.91 Å². The number of carbonyl (C=O) groups excluding carboxylic acids is 3. The molecule has 0 aliphatic carbocycles. The van der Waals surface area contributed by atoms with E-state index < -0.39 is 29.6 Å². The number of ether oxygens (including phenoxy) is 2. The zero-order chi connectivity index (χ0) is 33.9. The van der Waals surface area contributed by atoms with Crippen LogP contribution in [0.3, 0.4) is 0 Å². The molecule has 7 rings (SSSR count). The first-order valence-electron chi connectivity index (χ1n) is 16.2. The lowest BCUT2D eigenvalue weighted by molar-refractivity contribution is -0.157. The van der Waals surface area contributed by atoms with Crippen molar-refractivity contribution >= 4 is 34.8 Å². The van der Waals surface area contributed by atoms with Gasteiger partial charge in [-0.2, -0.15) is 0 Å². The van der Waals surface area contributed by atoms with Crippen molar-refractivity contribution in [1.29, 1.82) is 0 Å². The summed E-state index contributed by atoms with van der Waals surface area (Å²) in [5.41, 5.74) is 3.02. The van der Waals surface area contributed by atoms with Crippen LogP contribution in [-0.2, 0) is 38.7 Å². The fraction of sp³-hybridized carbons (Fsp3) is 0.471. The summed E-state index contributed by atoms with van der Waals surface area (Å²) < 4.78 is 12.4. The van der Waals surface area contributed by atoms with Crippen molar-refractivity contribution in [3.05, 3.63) is 56.9 Å². The van der Waals surface area contributed by atoms with Crippen LogP contribution >= 0.6 is 0 Å². The highest BCUT2D eigenvalue weighted by Gasteiger charge is 2.39. The summed E-state index contributed by atoms with van der Waals surface area (Å²) in [6.45, 7) is 6.70. The van der Waals surface area contributed by atoms with Gasteiger partial charge in [0, 0.05) is 55.8 Å². The number of likely N-dealkylation sites (tertiary alicyclic amines) is 1. The third kappa shape index (κ3) is 5.38. The number of amides is 2. The van der Waals surface area contributed by atoms with E-state index in [2.05, 4.69) is 0 Å². The zero-order valence-electron chi connectivity index (χ0n) is 26.9. The first-order valence-corrected chi connectivity index (χ1v) is 16.2. The van der Waals surface area contributed by atoms with Crippen LogP contribution in [0.25, 0.3) is 22.3 Å². The molecule has 252 valence electrons. The lowest BCUT2D eigenvalue weighted by Crippen LogP contribution is -2.53. The van der Waals surface area contributed by atoms with Gasteiger partial charge < -0.3 is 34.1 Å². The molecule has 14 heteroatoms. The molecule has 1 atom stereocenters. The first kappa shape index (κ1) is 31.8. The fourth-order valence-electron chi connectivity index (χ4n) is 7.16. The molecule has 2 aromatic heterocycles. The van der Waals surface area contributed by atoms with E-state index in [-0.39, 0.29) is 42.3 Å². The van der Waals surface area contributed by atoms with Gasteiger partial charge in [-0.1, -0.05) is 6.92 Å². The molecule has 6 heterocycles. The normalized spacial score (nSPS) is 20.1. The summed E-state index contributed by atoms with van der Waals surface area (Å²) in [4.78, 5) is 73.1. The van der Waals surface area contributed by atoms with Crippen LogP contribution in [0.2, 0.25) is 0 Å². The minimum atomic E-state index is -1.52. The standard InChI is InChI=1S/C34H37N5O9/c1-3-20-21-14-19(48-33(46)38-12-10-36(11-13-38)17-27(40)37-8-6-34(2,7-9-37)32(44)45)4-5-25(21)35-28-23(20)16-39-26(28)15-22-24(30(39)42)18-47-31(43)29(22)41/h4-5,14-15,29,41H,3,6-13,16-18H2,1-2H3,(H,44,45). The third-order valence-electron chi connectivity index (χ3n) is 10.3. The quantitative estimate of drug-likeness (QED) is 0.300. The Labute approximate surface area is 275 Å². The van der Waals surface area contributed by atoms with Gasteiger partial charge in [0.25, 0.3) is 5.56 Å². The smallest absolute Gasteiger partial charge is 0.415 e. The summed E-state index contributed by atoms with van der Waals surface area (Å²) in [5, 5.41) is 20.7. The number of benzene rings is 1. The second-order valence-corrected chi connectivity index (χ2v) is 13.2. The number of hydrogen-bond acceptors (Lipinski definition) is 10. The predicted octanol–water partition coefficient (Wildman–Crippen LogP) is 1.91. The molecule has 0 radical (unpaired) electrons.